The zero-order valence-corrected chi connectivity index (χ0v) is 32.7. The molecule has 0 aliphatic carbocycles. The molecule has 0 aromatic heterocycles. The number of hydrogen-bond donors (Lipinski definition) is 1. The number of unbranched alkanes of at least 4 members (excludes halogenated alkanes) is 16. The van der Waals surface area contributed by atoms with Gasteiger partial charge in [0.2, 0.25) is 5.91 Å². The molecule has 3 unspecified atom stereocenters. The van der Waals surface area contributed by atoms with E-state index < -0.39 is 0 Å². The summed E-state index contributed by atoms with van der Waals surface area (Å²) in [6, 6.07) is -0.362. The van der Waals surface area contributed by atoms with Crippen molar-refractivity contribution in [2.75, 3.05) is 32.8 Å². The van der Waals surface area contributed by atoms with E-state index in [0.717, 1.165) is 64.2 Å². The Morgan fingerprint density at radius 1 is 0.500 bits per heavy atom. The Morgan fingerprint density at radius 2 is 0.812 bits per heavy atom. The molecular formula is C41H80N2O5. The van der Waals surface area contributed by atoms with Gasteiger partial charge in [0.05, 0.1) is 31.0 Å². The van der Waals surface area contributed by atoms with Crippen molar-refractivity contribution in [1.29, 1.82) is 0 Å². The third-order valence-electron chi connectivity index (χ3n) is 9.69. The maximum Gasteiger partial charge on any atom is 0.308 e. The smallest absolute Gasteiger partial charge is 0.308 e. The number of carbonyl (C=O) groups is 3. The highest BCUT2D eigenvalue weighted by Crippen LogP contribution is 2.22. The van der Waals surface area contributed by atoms with Crippen molar-refractivity contribution < 1.29 is 23.9 Å². The largest absolute Gasteiger partial charge is 0.464 e. The van der Waals surface area contributed by atoms with Crippen molar-refractivity contribution in [3.05, 3.63) is 0 Å². The van der Waals surface area contributed by atoms with E-state index in [2.05, 4.69) is 33.0 Å². The van der Waals surface area contributed by atoms with E-state index in [1.165, 1.54) is 89.9 Å². The van der Waals surface area contributed by atoms with Crippen molar-refractivity contribution in [2.24, 2.45) is 11.8 Å². The van der Waals surface area contributed by atoms with Crippen LogP contribution in [-0.4, -0.2) is 61.6 Å². The number of ether oxygens (including phenoxy) is 2. The summed E-state index contributed by atoms with van der Waals surface area (Å²) in [5.74, 6) is -0.451. The van der Waals surface area contributed by atoms with Crippen LogP contribution in [0, 0.1) is 11.8 Å². The van der Waals surface area contributed by atoms with Crippen molar-refractivity contribution in [2.45, 2.75) is 202 Å². The average Bonchev–Trinajstić information content (AvgIpc) is 3.08. The highest BCUT2D eigenvalue weighted by Gasteiger charge is 2.24. The van der Waals surface area contributed by atoms with Crippen LogP contribution in [0.1, 0.15) is 196 Å². The maximum atomic E-state index is 13.3. The molecule has 0 aliphatic rings. The molecule has 0 aromatic carbocycles. The Labute approximate surface area is 297 Å². The second kappa shape index (κ2) is 33.8. The predicted molar refractivity (Wildman–Crippen MR) is 202 cm³/mol. The fourth-order valence-corrected chi connectivity index (χ4v) is 6.49. The van der Waals surface area contributed by atoms with Crippen molar-refractivity contribution in [1.82, 2.24) is 10.2 Å². The van der Waals surface area contributed by atoms with Gasteiger partial charge in [-0.3, -0.25) is 14.4 Å². The molecule has 0 rings (SSSR count). The molecule has 0 saturated heterocycles. The highest BCUT2D eigenvalue weighted by molar-refractivity contribution is 5.81. The van der Waals surface area contributed by atoms with E-state index in [4.69, 9.17) is 9.47 Å². The van der Waals surface area contributed by atoms with Crippen LogP contribution in [-0.2, 0) is 23.9 Å². The van der Waals surface area contributed by atoms with E-state index in [1.54, 1.807) is 4.90 Å². The molecule has 0 heterocycles. The number of rotatable bonds is 35. The van der Waals surface area contributed by atoms with Crippen LogP contribution < -0.4 is 5.32 Å². The molecular weight excluding hydrogens is 600 g/mol. The fraction of sp³-hybridized carbons (Fsp3) is 0.927. The first-order chi connectivity index (χ1) is 23.4. The maximum absolute atomic E-state index is 13.3. The van der Waals surface area contributed by atoms with Crippen LogP contribution in [0.15, 0.2) is 0 Å². The molecule has 3 atom stereocenters. The van der Waals surface area contributed by atoms with E-state index >= 15 is 0 Å². The second-order valence-corrected chi connectivity index (χ2v) is 14.1. The highest BCUT2D eigenvalue weighted by atomic mass is 16.5. The summed E-state index contributed by atoms with van der Waals surface area (Å²) in [5, 5.41) is 3.20. The minimum absolute atomic E-state index is 0.0599. The molecule has 284 valence electrons. The first kappa shape index (κ1) is 46.4. The third kappa shape index (κ3) is 25.4. The van der Waals surface area contributed by atoms with Crippen molar-refractivity contribution in [3.63, 3.8) is 0 Å². The molecule has 1 N–H and O–H groups in total. The molecule has 7 nitrogen and oxygen atoms in total. The van der Waals surface area contributed by atoms with Gasteiger partial charge >= 0.3 is 11.9 Å². The number of nitrogens with one attached hydrogen (secondary N) is 1. The zero-order valence-electron chi connectivity index (χ0n) is 32.7. The van der Waals surface area contributed by atoms with E-state index in [-0.39, 0.29) is 48.9 Å². The van der Waals surface area contributed by atoms with Gasteiger partial charge in [-0.1, -0.05) is 163 Å². The topological polar surface area (TPSA) is 84.9 Å². The average molecular weight is 681 g/mol. The van der Waals surface area contributed by atoms with Crippen molar-refractivity contribution >= 4 is 17.8 Å². The number of likely N-dealkylation sites (N-methyl/N-ethyl adjacent to an activating group) is 1. The lowest BCUT2D eigenvalue weighted by atomic mass is 9.94. The lowest BCUT2D eigenvalue weighted by molar-refractivity contribution is -0.152. The monoisotopic (exact) mass is 681 g/mol. The molecule has 0 bridgehead atoms. The Bertz CT molecular complexity index is 711. The molecule has 0 aliphatic heterocycles. The molecule has 0 aromatic rings. The molecule has 0 saturated carbocycles. The fourth-order valence-electron chi connectivity index (χ4n) is 6.49. The standard InChI is InChI=1S/C41H80N2O5/c1-7-12-16-20-22-26-30-37(28-24-18-14-9-3)40(45)47-34-32-43(39(44)36(6)42-11-5)33-35-48-41(46)38(29-25-19-15-10-4)31-27-23-21-17-13-8-2/h36-38,42H,7-35H2,1-6H3. The van der Waals surface area contributed by atoms with E-state index in [9.17, 15) is 14.4 Å². The predicted octanol–water partition coefficient (Wildman–Crippen LogP) is 10.6. The Morgan fingerprint density at radius 3 is 1.15 bits per heavy atom. The van der Waals surface area contributed by atoms with Gasteiger partial charge in [0.25, 0.3) is 0 Å². The number of amides is 1. The van der Waals surface area contributed by atoms with Crippen LogP contribution in [0.25, 0.3) is 0 Å². The van der Waals surface area contributed by atoms with Crippen LogP contribution in [0.2, 0.25) is 0 Å². The second-order valence-electron chi connectivity index (χ2n) is 14.1. The number of carbonyl (C=O) groups excluding carboxylic acids is 3. The Kier molecular flexibility index (Phi) is 32.7. The molecule has 7 heteroatoms. The van der Waals surface area contributed by atoms with Gasteiger partial charge in [0.1, 0.15) is 13.2 Å². The van der Waals surface area contributed by atoms with Crippen molar-refractivity contribution in [3.8, 4) is 0 Å². The number of hydrogen-bond acceptors (Lipinski definition) is 6. The molecule has 0 fully saturated rings. The van der Waals surface area contributed by atoms with Gasteiger partial charge in [0.15, 0.2) is 0 Å². The first-order valence-electron chi connectivity index (χ1n) is 20.7. The zero-order chi connectivity index (χ0) is 35.7. The van der Waals surface area contributed by atoms with Crippen LogP contribution in [0.4, 0.5) is 0 Å². The third-order valence-corrected chi connectivity index (χ3v) is 9.69. The summed E-state index contributed by atoms with van der Waals surface area (Å²) in [6.07, 6.45) is 27.2. The quantitative estimate of drug-likeness (QED) is 0.0530. The SMILES string of the molecule is CCCCCCCCC(CCCCCC)C(=O)OCCN(CCOC(=O)C(CCCCCC)CCCCCCCC)C(=O)C(C)NCC. The van der Waals surface area contributed by atoms with Gasteiger partial charge in [0, 0.05) is 0 Å². The molecule has 1 amide bonds. The van der Waals surface area contributed by atoms with Gasteiger partial charge in [-0.15, -0.1) is 0 Å². The van der Waals surface area contributed by atoms with E-state index in [1.807, 2.05) is 13.8 Å². The lowest BCUT2D eigenvalue weighted by Crippen LogP contribution is -2.47. The number of esters is 2. The lowest BCUT2D eigenvalue weighted by Gasteiger charge is -2.27. The summed E-state index contributed by atoms with van der Waals surface area (Å²) >= 11 is 0. The summed E-state index contributed by atoms with van der Waals surface area (Å²) in [4.78, 5) is 41.5. The van der Waals surface area contributed by atoms with Crippen LogP contribution >= 0.6 is 0 Å². The first-order valence-corrected chi connectivity index (χ1v) is 20.7. The van der Waals surface area contributed by atoms with Gasteiger partial charge in [-0.25, -0.2) is 0 Å². The van der Waals surface area contributed by atoms with Gasteiger partial charge < -0.3 is 19.7 Å². The molecule has 0 radical (unpaired) electrons. The minimum Gasteiger partial charge on any atom is -0.464 e. The van der Waals surface area contributed by atoms with E-state index in [0.29, 0.717) is 19.6 Å². The summed E-state index contributed by atoms with van der Waals surface area (Å²) in [7, 11) is 0. The Hall–Kier alpha value is -1.63. The van der Waals surface area contributed by atoms with Crippen LogP contribution in [0.3, 0.4) is 0 Å². The number of nitrogens with zero attached hydrogens (tertiary/aromatic N) is 1. The molecule has 0 spiro atoms. The summed E-state index contributed by atoms with van der Waals surface area (Å²) in [5.41, 5.74) is 0. The Balaban J connectivity index is 5.15. The van der Waals surface area contributed by atoms with Crippen LogP contribution in [0.5, 0.6) is 0 Å². The van der Waals surface area contributed by atoms with Gasteiger partial charge in [-0.05, 0) is 39.2 Å². The minimum atomic E-state index is -0.362. The normalized spacial score (nSPS) is 13.2. The molecule has 48 heavy (non-hydrogen) atoms. The summed E-state index contributed by atoms with van der Waals surface area (Å²) in [6.45, 7) is 14.3. The van der Waals surface area contributed by atoms with Gasteiger partial charge in [-0.2, -0.15) is 0 Å². The summed E-state index contributed by atoms with van der Waals surface area (Å²) < 4.78 is 11.7.